The molecule has 3 aliphatic heterocycles. The number of hydrogen-bond acceptors (Lipinski definition) is 6. The number of nitrogens with one attached hydrogen (secondary N) is 1. The number of fused-ring (bicyclic) bond motifs is 6. The molecule has 0 spiro atoms. The average Bonchev–Trinajstić information content (AvgIpc) is 3.42. The van der Waals surface area contributed by atoms with E-state index in [0.29, 0.717) is 38.2 Å². The fourth-order valence-corrected chi connectivity index (χ4v) is 6.23. The zero-order valence-electron chi connectivity index (χ0n) is 24.5. The summed E-state index contributed by atoms with van der Waals surface area (Å²) in [7, 11) is 0. The smallest absolute Gasteiger partial charge is 0.161 e. The predicted octanol–water partition coefficient (Wildman–Crippen LogP) is 5.38. The second-order valence-electron chi connectivity index (χ2n) is 11.9. The highest BCUT2D eigenvalue weighted by atomic mass is 16.5. The van der Waals surface area contributed by atoms with Crippen LogP contribution in [0.5, 0.6) is 11.5 Å². The number of nitrogens with zero attached hydrogens (tertiary/aromatic N) is 1. The van der Waals surface area contributed by atoms with Gasteiger partial charge in [-0.2, -0.15) is 0 Å². The molecule has 0 aliphatic carbocycles. The number of ether oxygens (including phenoxy) is 2. The van der Waals surface area contributed by atoms with E-state index in [9.17, 15) is 10.2 Å². The molecule has 3 aromatic rings. The number of aliphatic hydroxyl groups is 1. The van der Waals surface area contributed by atoms with Gasteiger partial charge in [-0.1, -0.05) is 43.9 Å². The molecule has 220 valence electrons. The molecule has 5 N–H and O–H groups in total. The summed E-state index contributed by atoms with van der Waals surface area (Å²) in [4.78, 5) is 0. The molecular formula is C35H41N3O4. The first-order valence-electron chi connectivity index (χ1n) is 15.2. The van der Waals surface area contributed by atoms with Crippen LogP contribution in [0.25, 0.3) is 16.6 Å². The molecule has 6 rings (SSSR count). The zero-order chi connectivity index (χ0) is 29.2. The fraction of sp³-hybridized carbons (Fsp3) is 0.429. The number of dihydropyridines is 1. The van der Waals surface area contributed by atoms with Crippen LogP contribution in [0.15, 0.2) is 59.9 Å². The molecule has 7 nitrogen and oxygen atoms in total. The largest absolute Gasteiger partial charge is 0.504 e. The Morgan fingerprint density at radius 3 is 2.81 bits per heavy atom. The van der Waals surface area contributed by atoms with Gasteiger partial charge < -0.3 is 35.3 Å². The molecule has 6 bridgehead atoms. The highest BCUT2D eigenvalue weighted by Gasteiger charge is 2.25. The Kier molecular flexibility index (Phi) is 8.30. The van der Waals surface area contributed by atoms with E-state index in [-0.39, 0.29) is 17.8 Å². The van der Waals surface area contributed by atoms with E-state index in [0.717, 1.165) is 64.5 Å². The van der Waals surface area contributed by atoms with Crippen molar-refractivity contribution in [1.82, 2.24) is 9.88 Å². The van der Waals surface area contributed by atoms with Crippen LogP contribution in [-0.4, -0.2) is 39.8 Å². The van der Waals surface area contributed by atoms with Crippen LogP contribution < -0.4 is 15.8 Å². The summed E-state index contributed by atoms with van der Waals surface area (Å²) >= 11 is 0. The second kappa shape index (κ2) is 12.3. The van der Waals surface area contributed by atoms with Gasteiger partial charge >= 0.3 is 0 Å². The van der Waals surface area contributed by atoms with E-state index in [1.807, 2.05) is 18.2 Å². The third-order valence-electron chi connectivity index (χ3n) is 8.69. The maximum Gasteiger partial charge on any atom is 0.161 e. The Hall–Kier alpha value is -3.70. The van der Waals surface area contributed by atoms with Crippen molar-refractivity contribution in [2.24, 2.45) is 11.7 Å². The molecule has 7 heteroatoms. The van der Waals surface area contributed by atoms with E-state index < -0.39 is 12.3 Å². The molecule has 0 fully saturated rings. The van der Waals surface area contributed by atoms with E-state index in [1.54, 1.807) is 6.07 Å². The molecule has 0 saturated carbocycles. The first kappa shape index (κ1) is 28.4. The standard InChI is InChI=1S/C35H41N3O4/c1-3-24-11-12-26-20-42-33-15-23(9-14-32(33)40)8-13-27(39)17-28-6-4-5-22(2)7-10-25-16-34(36)37-35(31(25)21-41-28)38-18-29(24)30(26)19-38/h9,11-12,14-16,18-19,22,27-28,34,37,39-40H,3-6,8,13,17,20-21,36H2,1-2H3. The van der Waals surface area contributed by atoms with Crippen molar-refractivity contribution >= 4 is 16.6 Å². The van der Waals surface area contributed by atoms with E-state index >= 15 is 0 Å². The topological polar surface area (TPSA) is 102 Å². The molecule has 3 aliphatic rings. The Morgan fingerprint density at radius 1 is 1.10 bits per heavy atom. The lowest BCUT2D eigenvalue weighted by molar-refractivity contribution is 0.0168. The van der Waals surface area contributed by atoms with Crippen molar-refractivity contribution in [3.05, 3.63) is 76.6 Å². The molecule has 4 unspecified atom stereocenters. The summed E-state index contributed by atoms with van der Waals surface area (Å²) in [6.07, 6.45) is 10.8. The molecule has 4 heterocycles. The molecule has 42 heavy (non-hydrogen) atoms. The summed E-state index contributed by atoms with van der Waals surface area (Å²) in [6.45, 7) is 5.01. The Balaban J connectivity index is 1.50. The minimum Gasteiger partial charge on any atom is -0.504 e. The van der Waals surface area contributed by atoms with Gasteiger partial charge in [0.1, 0.15) is 12.4 Å². The second-order valence-corrected chi connectivity index (χ2v) is 11.9. The minimum atomic E-state index is -0.510. The van der Waals surface area contributed by atoms with Gasteiger partial charge in [0.05, 0.1) is 25.0 Å². The fourth-order valence-electron chi connectivity index (χ4n) is 6.23. The van der Waals surface area contributed by atoms with Crippen LogP contribution in [0.1, 0.15) is 62.6 Å². The highest BCUT2D eigenvalue weighted by molar-refractivity contribution is 5.90. The zero-order valence-corrected chi connectivity index (χ0v) is 24.5. The molecule has 0 saturated heterocycles. The Labute approximate surface area is 248 Å². The Bertz CT molecular complexity index is 1590. The van der Waals surface area contributed by atoms with Crippen LogP contribution in [0, 0.1) is 17.8 Å². The molecular weight excluding hydrogens is 526 g/mol. The van der Waals surface area contributed by atoms with Gasteiger partial charge in [0, 0.05) is 40.2 Å². The first-order chi connectivity index (χ1) is 20.4. The summed E-state index contributed by atoms with van der Waals surface area (Å²) in [5.41, 5.74) is 11.6. The van der Waals surface area contributed by atoms with Gasteiger partial charge in [-0.25, -0.2) is 0 Å². The maximum absolute atomic E-state index is 11.1. The molecule has 0 amide bonds. The third-order valence-corrected chi connectivity index (χ3v) is 8.69. The maximum atomic E-state index is 11.1. The third kappa shape index (κ3) is 6.07. The molecule has 4 atom stereocenters. The van der Waals surface area contributed by atoms with E-state index in [1.165, 1.54) is 5.56 Å². The van der Waals surface area contributed by atoms with Gasteiger partial charge in [-0.05, 0) is 79.8 Å². The first-order valence-corrected chi connectivity index (χ1v) is 15.2. The average molecular weight is 568 g/mol. The van der Waals surface area contributed by atoms with Crippen molar-refractivity contribution in [3.8, 4) is 23.3 Å². The van der Waals surface area contributed by atoms with Gasteiger partial charge in [0.15, 0.2) is 11.5 Å². The summed E-state index contributed by atoms with van der Waals surface area (Å²) in [5.74, 6) is 8.55. The van der Waals surface area contributed by atoms with Gasteiger partial charge in [0.2, 0.25) is 0 Å². The predicted molar refractivity (Wildman–Crippen MR) is 166 cm³/mol. The number of nitrogens with two attached hydrogens (primary N) is 1. The number of phenolic OH excluding ortho intramolecular Hbond substituents is 1. The summed E-state index contributed by atoms with van der Waals surface area (Å²) in [5, 5.41) is 27.3. The van der Waals surface area contributed by atoms with Gasteiger partial charge in [0.25, 0.3) is 0 Å². The highest BCUT2D eigenvalue weighted by Crippen LogP contribution is 2.33. The number of rotatable bonds is 1. The van der Waals surface area contributed by atoms with Crippen LogP contribution >= 0.6 is 0 Å². The quantitative estimate of drug-likeness (QED) is 0.295. The minimum absolute atomic E-state index is 0.0875. The van der Waals surface area contributed by atoms with Crippen LogP contribution in [-0.2, 0) is 24.2 Å². The van der Waals surface area contributed by atoms with Crippen molar-refractivity contribution in [2.75, 3.05) is 6.61 Å². The number of aromatic nitrogens is 1. The van der Waals surface area contributed by atoms with Crippen molar-refractivity contribution in [1.29, 1.82) is 0 Å². The molecule has 1 aromatic heterocycles. The van der Waals surface area contributed by atoms with Crippen LogP contribution in [0.2, 0.25) is 0 Å². The normalized spacial score (nSPS) is 24.9. The van der Waals surface area contributed by atoms with Crippen LogP contribution in [0.3, 0.4) is 0 Å². The van der Waals surface area contributed by atoms with Gasteiger partial charge in [-0.15, -0.1) is 0 Å². The number of phenols is 1. The van der Waals surface area contributed by atoms with Crippen molar-refractivity contribution in [2.45, 2.75) is 83.8 Å². The Morgan fingerprint density at radius 2 is 1.95 bits per heavy atom. The van der Waals surface area contributed by atoms with Crippen molar-refractivity contribution in [3.63, 3.8) is 0 Å². The van der Waals surface area contributed by atoms with E-state index in [2.05, 4.69) is 60.1 Å². The monoisotopic (exact) mass is 567 g/mol. The number of aryl methyl sites for hydroxylation is 2. The lowest BCUT2D eigenvalue weighted by Gasteiger charge is -2.28. The lowest BCUT2D eigenvalue weighted by atomic mass is 9.97. The summed E-state index contributed by atoms with van der Waals surface area (Å²) in [6, 6.07) is 9.72. The molecule has 2 aromatic carbocycles. The number of aromatic hydroxyl groups is 1. The van der Waals surface area contributed by atoms with Crippen LogP contribution in [0.4, 0.5) is 0 Å². The number of hydrogen-bond donors (Lipinski definition) is 4. The van der Waals surface area contributed by atoms with Crippen molar-refractivity contribution < 1.29 is 19.7 Å². The lowest BCUT2D eigenvalue weighted by Crippen LogP contribution is -2.40. The SMILES string of the molecule is CCc1ccc2c3cn(cc13)C1=C3COC(CCCC(C)C#CC3=CC(N)N1)CC(O)CCc1ccc(O)c(c1)OC2. The number of aliphatic hydroxyl groups excluding tert-OH is 1. The molecule has 0 radical (unpaired) electrons. The van der Waals surface area contributed by atoms with Gasteiger partial charge in [-0.3, -0.25) is 0 Å². The summed E-state index contributed by atoms with van der Waals surface area (Å²) < 4.78 is 14.9. The van der Waals surface area contributed by atoms with E-state index in [4.69, 9.17) is 15.2 Å². The number of benzene rings is 2.